The van der Waals surface area contributed by atoms with Gasteiger partial charge in [0.2, 0.25) is 0 Å². The van der Waals surface area contributed by atoms with E-state index in [0.29, 0.717) is 17.9 Å². The largest absolute Gasteiger partial charge is 0.573 e. The van der Waals surface area contributed by atoms with Gasteiger partial charge in [-0.05, 0) is 24.6 Å². The lowest BCUT2D eigenvalue weighted by Gasteiger charge is -2.13. The van der Waals surface area contributed by atoms with Gasteiger partial charge < -0.3 is 9.84 Å². The van der Waals surface area contributed by atoms with Gasteiger partial charge in [-0.1, -0.05) is 12.1 Å². The summed E-state index contributed by atoms with van der Waals surface area (Å²) < 4.78 is 42.0. The Kier molecular flexibility index (Phi) is 4.46. The lowest BCUT2D eigenvalue weighted by molar-refractivity contribution is -0.274. The minimum absolute atomic E-state index is 0.156. The molecular formula is C13H14F3N3O2. The van der Waals surface area contributed by atoms with Crippen LogP contribution in [0.4, 0.5) is 13.2 Å². The third-order valence-electron chi connectivity index (χ3n) is 2.85. The van der Waals surface area contributed by atoms with Crippen molar-refractivity contribution >= 4 is 0 Å². The van der Waals surface area contributed by atoms with Crippen molar-refractivity contribution in [3.05, 3.63) is 42.0 Å². The molecule has 0 aliphatic heterocycles. The summed E-state index contributed by atoms with van der Waals surface area (Å²) in [5, 5.41) is 14.1. The Balaban J connectivity index is 2.12. The summed E-state index contributed by atoms with van der Waals surface area (Å²) in [6.45, 7) is 2.47. The SMILES string of the molecule is CCn1ncnc1CC(O)c1cccc(OC(F)(F)F)c1. The fourth-order valence-electron chi connectivity index (χ4n) is 1.92. The number of hydrogen-bond donors (Lipinski definition) is 1. The van der Waals surface area contributed by atoms with Crippen LogP contribution in [0.1, 0.15) is 24.4 Å². The van der Waals surface area contributed by atoms with Crippen LogP contribution in [-0.4, -0.2) is 26.2 Å². The van der Waals surface area contributed by atoms with E-state index in [1.165, 1.54) is 24.5 Å². The highest BCUT2D eigenvalue weighted by atomic mass is 19.4. The van der Waals surface area contributed by atoms with Crippen LogP contribution >= 0.6 is 0 Å². The monoisotopic (exact) mass is 301 g/mol. The number of aliphatic hydroxyl groups excluding tert-OH is 1. The number of aliphatic hydroxyl groups is 1. The summed E-state index contributed by atoms with van der Waals surface area (Å²) in [6, 6.07) is 5.26. The van der Waals surface area contributed by atoms with Gasteiger partial charge >= 0.3 is 6.36 Å². The predicted molar refractivity (Wildman–Crippen MR) is 67.5 cm³/mol. The minimum atomic E-state index is -4.76. The zero-order valence-corrected chi connectivity index (χ0v) is 11.2. The number of halogens is 3. The molecule has 5 nitrogen and oxygen atoms in total. The van der Waals surface area contributed by atoms with Crippen LogP contribution in [0, 0.1) is 0 Å². The number of aryl methyl sites for hydroxylation is 1. The molecule has 0 amide bonds. The van der Waals surface area contributed by atoms with Crippen LogP contribution in [0.2, 0.25) is 0 Å². The van der Waals surface area contributed by atoms with E-state index in [4.69, 9.17) is 0 Å². The number of rotatable bonds is 5. The van der Waals surface area contributed by atoms with E-state index in [1.807, 2.05) is 6.92 Å². The van der Waals surface area contributed by atoms with E-state index < -0.39 is 12.5 Å². The van der Waals surface area contributed by atoms with Crippen LogP contribution < -0.4 is 4.74 Å². The molecular weight excluding hydrogens is 287 g/mol. The third-order valence-corrected chi connectivity index (χ3v) is 2.85. The fourth-order valence-corrected chi connectivity index (χ4v) is 1.92. The molecule has 114 valence electrons. The molecule has 1 heterocycles. The normalized spacial score (nSPS) is 13.2. The average molecular weight is 301 g/mol. The standard InChI is InChI=1S/C13H14F3N3O2/c1-2-19-12(17-8-18-19)7-11(20)9-4-3-5-10(6-9)21-13(14,15)16/h3-6,8,11,20H,2,7H2,1H3. The van der Waals surface area contributed by atoms with Crippen molar-refractivity contribution in [2.45, 2.75) is 32.4 Å². The summed E-state index contributed by atoms with van der Waals surface area (Å²) in [7, 11) is 0. The van der Waals surface area contributed by atoms with Crippen LogP contribution in [0.25, 0.3) is 0 Å². The number of aromatic nitrogens is 3. The quantitative estimate of drug-likeness (QED) is 0.921. The first kappa shape index (κ1) is 15.3. The summed E-state index contributed by atoms with van der Waals surface area (Å²) in [5.74, 6) is 0.197. The molecule has 0 saturated heterocycles. The summed E-state index contributed by atoms with van der Waals surface area (Å²) in [4.78, 5) is 4.01. The molecule has 1 aromatic heterocycles. The maximum Gasteiger partial charge on any atom is 0.573 e. The predicted octanol–water partition coefficient (Wildman–Crippen LogP) is 2.47. The van der Waals surface area contributed by atoms with Gasteiger partial charge in [0.1, 0.15) is 17.9 Å². The van der Waals surface area contributed by atoms with Gasteiger partial charge in [0.05, 0.1) is 6.10 Å². The zero-order valence-electron chi connectivity index (χ0n) is 11.2. The molecule has 2 aromatic rings. The Morgan fingerprint density at radius 3 is 2.81 bits per heavy atom. The number of nitrogens with zero attached hydrogens (tertiary/aromatic N) is 3. The molecule has 0 saturated carbocycles. The van der Waals surface area contributed by atoms with Crippen LogP contribution in [-0.2, 0) is 13.0 Å². The molecule has 1 aromatic carbocycles. The fraction of sp³-hybridized carbons (Fsp3) is 0.385. The average Bonchev–Trinajstić information content (AvgIpc) is 2.84. The molecule has 8 heteroatoms. The Hall–Kier alpha value is -2.09. The molecule has 0 aliphatic carbocycles. The first-order valence-electron chi connectivity index (χ1n) is 6.29. The lowest BCUT2D eigenvalue weighted by atomic mass is 10.1. The second-order valence-corrected chi connectivity index (χ2v) is 4.33. The highest BCUT2D eigenvalue weighted by molar-refractivity contribution is 5.30. The second kappa shape index (κ2) is 6.13. The van der Waals surface area contributed by atoms with Crippen molar-refractivity contribution in [2.24, 2.45) is 0 Å². The zero-order chi connectivity index (χ0) is 15.5. The van der Waals surface area contributed by atoms with Gasteiger partial charge in [-0.15, -0.1) is 13.2 Å². The van der Waals surface area contributed by atoms with Gasteiger partial charge in [-0.25, -0.2) is 4.98 Å². The Morgan fingerprint density at radius 1 is 1.38 bits per heavy atom. The smallest absolute Gasteiger partial charge is 0.406 e. The van der Waals surface area contributed by atoms with Crippen LogP contribution in [0.15, 0.2) is 30.6 Å². The molecule has 1 N–H and O–H groups in total. The van der Waals surface area contributed by atoms with E-state index in [-0.39, 0.29) is 12.2 Å². The second-order valence-electron chi connectivity index (χ2n) is 4.33. The van der Waals surface area contributed by atoms with E-state index in [1.54, 1.807) is 4.68 Å². The van der Waals surface area contributed by atoms with Crippen LogP contribution in [0.5, 0.6) is 5.75 Å². The molecule has 2 rings (SSSR count). The number of ether oxygens (including phenoxy) is 1. The summed E-state index contributed by atoms with van der Waals surface area (Å²) in [5.41, 5.74) is 0.322. The molecule has 0 aliphatic rings. The van der Waals surface area contributed by atoms with Gasteiger partial charge in [0.15, 0.2) is 0 Å². The number of hydrogen-bond acceptors (Lipinski definition) is 4. The van der Waals surface area contributed by atoms with Crippen LogP contribution in [0.3, 0.4) is 0 Å². The Bertz CT molecular complexity index is 598. The van der Waals surface area contributed by atoms with Crippen molar-refractivity contribution in [1.29, 1.82) is 0 Å². The lowest BCUT2D eigenvalue weighted by Crippen LogP contribution is -2.17. The number of benzene rings is 1. The first-order chi connectivity index (χ1) is 9.89. The Morgan fingerprint density at radius 2 is 2.14 bits per heavy atom. The van der Waals surface area contributed by atoms with Gasteiger partial charge in [-0.2, -0.15) is 5.10 Å². The molecule has 1 unspecified atom stereocenters. The third kappa shape index (κ3) is 4.19. The maximum absolute atomic E-state index is 12.2. The maximum atomic E-state index is 12.2. The molecule has 0 fully saturated rings. The topological polar surface area (TPSA) is 60.2 Å². The molecule has 21 heavy (non-hydrogen) atoms. The Labute approximate surface area is 119 Å². The van der Waals surface area contributed by atoms with Crippen molar-refractivity contribution in [1.82, 2.24) is 14.8 Å². The highest BCUT2D eigenvalue weighted by Gasteiger charge is 2.31. The molecule has 1 atom stereocenters. The van der Waals surface area contributed by atoms with E-state index in [2.05, 4.69) is 14.8 Å². The molecule has 0 spiro atoms. The highest BCUT2D eigenvalue weighted by Crippen LogP contribution is 2.26. The van der Waals surface area contributed by atoms with Crippen molar-refractivity contribution in [2.75, 3.05) is 0 Å². The molecule has 0 radical (unpaired) electrons. The van der Waals surface area contributed by atoms with Crippen molar-refractivity contribution in [3.63, 3.8) is 0 Å². The van der Waals surface area contributed by atoms with Crippen molar-refractivity contribution < 1.29 is 23.0 Å². The van der Waals surface area contributed by atoms with Gasteiger partial charge in [0, 0.05) is 13.0 Å². The van der Waals surface area contributed by atoms with E-state index >= 15 is 0 Å². The summed E-state index contributed by atoms with van der Waals surface area (Å²) >= 11 is 0. The first-order valence-corrected chi connectivity index (χ1v) is 6.29. The van der Waals surface area contributed by atoms with E-state index in [9.17, 15) is 18.3 Å². The van der Waals surface area contributed by atoms with Gasteiger partial charge in [-0.3, -0.25) is 4.68 Å². The number of alkyl halides is 3. The van der Waals surface area contributed by atoms with E-state index in [0.717, 1.165) is 6.07 Å². The van der Waals surface area contributed by atoms with Crippen molar-refractivity contribution in [3.8, 4) is 5.75 Å². The molecule has 0 bridgehead atoms. The summed E-state index contributed by atoms with van der Waals surface area (Å²) in [6.07, 6.45) is -4.22. The van der Waals surface area contributed by atoms with Gasteiger partial charge in [0.25, 0.3) is 0 Å². The minimum Gasteiger partial charge on any atom is -0.406 e.